The van der Waals surface area contributed by atoms with Crippen molar-refractivity contribution in [2.75, 3.05) is 25.2 Å². The zero-order valence-corrected chi connectivity index (χ0v) is 13.2. The third-order valence-electron chi connectivity index (χ3n) is 4.01. The maximum absolute atomic E-state index is 12.4. The van der Waals surface area contributed by atoms with Crippen molar-refractivity contribution in [3.05, 3.63) is 59.7 Å². The van der Waals surface area contributed by atoms with E-state index in [0.29, 0.717) is 17.7 Å². The standard InChI is InChI=1S/C18H18N2O3/c1-3-19(13-8-10-14(23-2)11-9-13)12-20-17(21)15-6-4-5-7-16(15)18(20)22/h4-11H,3,12H2,1-2H3. The van der Waals surface area contributed by atoms with Gasteiger partial charge in [-0.3, -0.25) is 14.5 Å². The zero-order valence-electron chi connectivity index (χ0n) is 13.2. The van der Waals surface area contributed by atoms with Gasteiger partial charge in [0, 0.05) is 12.2 Å². The van der Waals surface area contributed by atoms with Gasteiger partial charge in [0.25, 0.3) is 11.8 Å². The van der Waals surface area contributed by atoms with E-state index in [-0.39, 0.29) is 18.5 Å². The van der Waals surface area contributed by atoms with Crippen molar-refractivity contribution >= 4 is 17.5 Å². The molecule has 0 spiro atoms. The lowest BCUT2D eigenvalue weighted by molar-refractivity contribution is 0.0654. The number of anilines is 1. The number of carbonyl (C=O) groups excluding carboxylic acids is 2. The summed E-state index contributed by atoms with van der Waals surface area (Å²) < 4.78 is 5.16. The Morgan fingerprint density at radius 3 is 2.00 bits per heavy atom. The SMILES string of the molecule is CCN(CN1C(=O)c2ccccc2C1=O)c1ccc(OC)cc1. The van der Waals surface area contributed by atoms with Crippen LogP contribution < -0.4 is 9.64 Å². The highest BCUT2D eigenvalue weighted by atomic mass is 16.5. The highest BCUT2D eigenvalue weighted by Crippen LogP contribution is 2.25. The quantitative estimate of drug-likeness (QED) is 0.797. The lowest BCUT2D eigenvalue weighted by atomic mass is 10.1. The lowest BCUT2D eigenvalue weighted by Crippen LogP contribution is -2.41. The molecule has 2 amide bonds. The van der Waals surface area contributed by atoms with Gasteiger partial charge in [0.1, 0.15) is 12.4 Å². The molecule has 1 aliphatic rings. The Labute approximate surface area is 135 Å². The van der Waals surface area contributed by atoms with E-state index in [1.165, 1.54) is 4.90 Å². The van der Waals surface area contributed by atoms with Crippen LogP contribution in [0.15, 0.2) is 48.5 Å². The van der Waals surface area contributed by atoms with E-state index in [9.17, 15) is 9.59 Å². The summed E-state index contributed by atoms with van der Waals surface area (Å²) in [6.07, 6.45) is 0. The summed E-state index contributed by atoms with van der Waals surface area (Å²) in [5, 5.41) is 0. The first-order valence-corrected chi connectivity index (χ1v) is 7.50. The first-order valence-electron chi connectivity index (χ1n) is 7.50. The minimum absolute atomic E-state index is 0.231. The molecule has 0 N–H and O–H groups in total. The minimum atomic E-state index is -0.238. The number of imide groups is 1. The fraction of sp³-hybridized carbons (Fsp3) is 0.222. The van der Waals surface area contributed by atoms with Crippen molar-refractivity contribution in [3.8, 4) is 5.75 Å². The van der Waals surface area contributed by atoms with Gasteiger partial charge in [-0.15, -0.1) is 0 Å². The normalized spacial score (nSPS) is 13.2. The van der Waals surface area contributed by atoms with Crippen molar-refractivity contribution in [1.29, 1.82) is 0 Å². The van der Waals surface area contributed by atoms with Gasteiger partial charge in [0.15, 0.2) is 0 Å². The van der Waals surface area contributed by atoms with Gasteiger partial charge in [0.2, 0.25) is 0 Å². The molecular formula is C18H18N2O3. The third-order valence-corrected chi connectivity index (χ3v) is 4.01. The van der Waals surface area contributed by atoms with Crippen LogP contribution in [0.1, 0.15) is 27.6 Å². The Hall–Kier alpha value is -2.82. The van der Waals surface area contributed by atoms with Crippen LogP contribution >= 0.6 is 0 Å². The predicted octanol–water partition coefficient (Wildman–Crippen LogP) is 2.78. The topological polar surface area (TPSA) is 49.9 Å². The van der Waals surface area contributed by atoms with Crippen molar-refractivity contribution in [1.82, 2.24) is 4.90 Å². The van der Waals surface area contributed by atoms with Crippen molar-refractivity contribution in [2.24, 2.45) is 0 Å². The molecule has 5 heteroatoms. The lowest BCUT2D eigenvalue weighted by Gasteiger charge is -2.27. The average molecular weight is 310 g/mol. The highest BCUT2D eigenvalue weighted by Gasteiger charge is 2.35. The number of benzene rings is 2. The van der Waals surface area contributed by atoms with E-state index in [4.69, 9.17) is 4.74 Å². The Balaban J connectivity index is 1.82. The Kier molecular flexibility index (Phi) is 4.02. The third kappa shape index (κ3) is 2.65. The molecule has 23 heavy (non-hydrogen) atoms. The Morgan fingerprint density at radius 2 is 1.52 bits per heavy atom. The molecule has 2 aromatic rings. The molecule has 2 aromatic carbocycles. The van der Waals surface area contributed by atoms with Gasteiger partial charge < -0.3 is 9.64 Å². The van der Waals surface area contributed by atoms with Crippen molar-refractivity contribution in [3.63, 3.8) is 0 Å². The van der Waals surface area contributed by atoms with Crippen LogP contribution in [0.4, 0.5) is 5.69 Å². The van der Waals surface area contributed by atoms with Crippen LogP contribution in [0.25, 0.3) is 0 Å². The molecule has 0 atom stereocenters. The molecule has 5 nitrogen and oxygen atoms in total. The van der Waals surface area contributed by atoms with Gasteiger partial charge >= 0.3 is 0 Å². The number of methoxy groups -OCH3 is 1. The number of amides is 2. The van der Waals surface area contributed by atoms with Gasteiger partial charge in [-0.05, 0) is 43.3 Å². The predicted molar refractivity (Wildman–Crippen MR) is 87.8 cm³/mol. The second kappa shape index (κ2) is 6.12. The Bertz CT molecular complexity index is 705. The fourth-order valence-corrected chi connectivity index (χ4v) is 2.70. The van der Waals surface area contributed by atoms with Gasteiger partial charge in [-0.2, -0.15) is 0 Å². The molecule has 0 saturated heterocycles. The van der Waals surface area contributed by atoms with Gasteiger partial charge in [-0.25, -0.2) is 0 Å². The minimum Gasteiger partial charge on any atom is -0.497 e. The summed E-state index contributed by atoms with van der Waals surface area (Å²) >= 11 is 0. The molecule has 0 saturated carbocycles. The van der Waals surface area contributed by atoms with Gasteiger partial charge in [-0.1, -0.05) is 12.1 Å². The summed E-state index contributed by atoms with van der Waals surface area (Å²) in [5.41, 5.74) is 1.89. The van der Waals surface area contributed by atoms with Crippen LogP contribution in [0.3, 0.4) is 0 Å². The second-order valence-corrected chi connectivity index (χ2v) is 5.28. The molecule has 0 aliphatic carbocycles. The molecule has 1 heterocycles. The van der Waals surface area contributed by atoms with E-state index < -0.39 is 0 Å². The molecule has 0 unspecified atom stereocenters. The molecule has 118 valence electrons. The van der Waals surface area contributed by atoms with Crippen LogP contribution in [-0.4, -0.2) is 37.0 Å². The highest BCUT2D eigenvalue weighted by molar-refractivity contribution is 6.21. The van der Waals surface area contributed by atoms with E-state index in [1.807, 2.05) is 36.1 Å². The molecular weight excluding hydrogens is 292 g/mol. The maximum atomic E-state index is 12.4. The fourth-order valence-electron chi connectivity index (χ4n) is 2.70. The molecule has 0 aromatic heterocycles. The van der Waals surface area contributed by atoms with E-state index in [2.05, 4.69) is 0 Å². The number of fused-ring (bicyclic) bond motifs is 1. The largest absolute Gasteiger partial charge is 0.497 e. The summed E-state index contributed by atoms with van der Waals surface area (Å²) in [6, 6.07) is 14.5. The average Bonchev–Trinajstić information content (AvgIpc) is 2.84. The van der Waals surface area contributed by atoms with Crippen LogP contribution in [0, 0.1) is 0 Å². The number of ether oxygens (including phenoxy) is 1. The van der Waals surface area contributed by atoms with Crippen molar-refractivity contribution < 1.29 is 14.3 Å². The second-order valence-electron chi connectivity index (χ2n) is 5.28. The van der Waals surface area contributed by atoms with Crippen LogP contribution in [-0.2, 0) is 0 Å². The van der Waals surface area contributed by atoms with Crippen molar-refractivity contribution in [2.45, 2.75) is 6.92 Å². The van der Waals surface area contributed by atoms with E-state index in [1.54, 1.807) is 31.4 Å². The molecule has 0 fully saturated rings. The van der Waals surface area contributed by atoms with Crippen LogP contribution in [0.2, 0.25) is 0 Å². The first-order chi connectivity index (χ1) is 11.2. The molecule has 3 rings (SSSR count). The number of hydrogen-bond acceptors (Lipinski definition) is 4. The maximum Gasteiger partial charge on any atom is 0.263 e. The van der Waals surface area contributed by atoms with E-state index >= 15 is 0 Å². The van der Waals surface area contributed by atoms with Crippen LogP contribution in [0.5, 0.6) is 5.75 Å². The summed E-state index contributed by atoms with van der Waals surface area (Å²) in [4.78, 5) is 28.2. The number of nitrogens with zero attached hydrogens (tertiary/aromatic N) is 2. The summed E-state index contributed by atoms with van der Waals surface area (Å²) in [6.45, 7) is 2.90. The monoisotopic (exact) mass is 310 g/mol. The molecule has 0 radical (unpaired) electrons. The first kappa shape index (κ1) is 15.1. The number of carbonyl (C=O) groups is 2. The van der Waals surface area contributed by atoms with Gasteiger partial charge in [0.05, 0.1) is 18.2 Å². The summed E-state index contributed by atoms with van der Waals surface area (Å²) in [5.74, 6) is 0.292. The summed E-state index contributed by atoms with van der Waals surface area (Å²) in [7, 11) is 1.62. The molecule has 0 bridgehead atoms. The smallest absolute Gasteiger partial charge is 0.263 e. The number of rotatable bonds is 5. The van der Waals surface area contributed by atoms with E-state index in [0.717, 1.165) is 11.4 Å². The molecule has 1 aliphatic heterocycles. The Morgan fingerprint density at radius 1 is 0.957 bits per heavy atom. The number of hydrogen-bond donors (Lipinski definition) is 0. The zero-order chi connectivity index (χ0) is 16.4.